The first-order valence-corrected chi connectivity index (χ1v) is 11.8. The smallest absolute Gasteiger partial charge is 0.454 e. The number of hydrogen-bond donors (Lipinski definition) is 3. The van der Waals surface area contributed by atoms with E-state index in [4.69, 9.17) is 4.74 Å². The number of nitrogens with one attached hydrogen (secondary N) is 2. The SMILES string of the molecule is O=C(Nc1ccc(Oc2ccnc(NC(=O)N3CC(O)C3)c2)c(F)c1)c1cn(-c2ccc(OC(F)(F)F)cc2)nn1. The zero-order chi connectivity index (χ0) is 29.1. The summed E-state index contributed by atoms with van der Waals surface area (Å²) in [4.78, 5) is 30.1. The second-order valence-electron chi connectivity index (χ2n) is 8.66. The summed E-state index contributed by atoms with van der Waals surface area (Å²) < 4.78 is 62.3. The van der Waals surface area contributed by atoms with Crippen LogP contribution in [0.1, 0.15) is 10.5 Å². The van der Waals surface area contributed by atoms with Crippen LogP contribution in [0.5, 0.6) is 17.2 Å². The Balaban J connectivity index is 1.19. The van der Waals surface area contributed by atoms with Crippen molar-refractivity contribution in [3.05, 3.63) is 78.5 Å². The number of nitrogens with zero attached hydrogens (tertiary/aromatic N) is 5. The topological polar surface area (TPSA) is 144 Å². The van der Waals surface area contributed by atoms with Gasteiger partial charge in [0, 0.05) is 24.0 Å². The molecule has 1 aliphatic heterocycles. The van der Waals surface area contributed by atoms with Gasteiger partial charge in [0.1, 0.15) is 17.3 Å². The number of benzene rings is 2. The molecule has 1 aliphatic rings. The summed E-state index contributed by atoms with van der Waals surface area (Å²) in [5.74, 6) is -1.76. The lowest BCUT2D eigenvalue weighted by atomic mass is 10.2. The average molecular weight is 573 g/mol. The molecule has 3 N–H and O–H groups in total. The van der Waals surface area contributed by atoms with E-state index < -0.39 is 36.0 Å². The van der Waals surface area contributed by atoms with Gasteiger partial charge < -0.3 is 24.8 Å². The van der Waals surface area contributed by atoms with Crippen LogP contribution in [0.2, 0.25) is 0 Å². The third kappa shape index (κ3) is 6.85. The summed E-state index contributed by atoms with van der Waals surface area (Å²) in [6, 6.07) is 10.9. The Morgan fingerprint density at radius 3 is 2.44 bits per heavy atom. The van der Waals surface area contributed by atoms with Crippen molar-refractivity contribution in [1.29, 1.82) is 0 Å². The number of rotatable bonds is 7. The molecular formula is C25H19F4N7O5. The minimum Gasteiger partial charge on any atom is -0.454 e. The van der Waals surface area contributed by atoms with E-state index in [2.05, 4.69) is 30.7 Å². The maximum Gasteiger partial charge on any atom is 0.573 e. The highest BCUT2D eigenvalue weighted by molar-refractivity contribution is 6.02. The van der Waals surface area contributed by atoms with Crippen LogP contribution in [0.4, 0.5) is 33.9 Å². The number of alkyl halides is 3. The van der Waals surface area contributed by atoms with Crippen LogP contribution >= 0.6 is 0 Å². The summed E-state index contributed by atoms with van der Waals surface area (Å²) in [5.41, 5.74) is 0.264. The number of likely N-dealkylation sites (tertiary alicyclic amines) is 1. The molecule has 1 saturated heterocycles. The minimum atomic E-state index is -4.83. The highest BCUT2D eigenvalue weighted by Gasteiger charge is 2.31. The third-order valence-electron chi connectivity index (χ3n) is 5.59. The first-order valence-electron chi connectivity index (χ1n) is 11.8. The highest BCUT2D eigenvalue weighted by Crippen LogP contribution is 2.28. The zero-order valence-electron chi connectivity index (χ0n) is 20.7. The molecule has 0 radical (unpaired) electrons. The second kappa shape index (κ2) is 11.1. The third-order valence-corrected chi connectivity index (χ3v) is 5.59. The molecule has 0 atom stereocenters. The van der Waals surface area contributed by atoms with Gasteiger partial charge in [-0.1, -0.05) is 5.21 Å². The van der Waals surface area contributed by atoms with Gasteiger partial charge in [-0.3, -0.25) is 10.1 Å². The molecule has 0 unspecified atom stereocenters. The van der Waals surface area contributed by atoms with Crippen molar-refractivity contribution >= 4 is 23.4 Å². The molecule has 41 heavy (non-hydrogen) atoms. The van der Waals surface area contributed by atoms with Crippen LogP contribution < -0.4 is 20.1 Å². The Morgan fingerprint density at radius 2 is 1.76 bits per heavy atom. The van der Waals surface area contributed by atoms with Crippen molar-refractivity contribution in [2.24, 2.45) is 0 Å². The molecule has 0 saturated carbocycles. The van der Waals surface area contributed by atoms with Crippen LogP contribution in [-0.2, 0) is 0 Å². The molecule has 3 amide bonds. The molecule has 3 heterocycles. The van der Waals surface area contributed by atoms with E-state index in [-0.39, 0.29) is 41.8 Å². The van der Waals surface area contributed by atoms with E-state index in [1.54, 1.807) is 0 Å². The average Bonchev–Trinajstić information content (AvgIpc) is 3.39. The molecule has 1 fully saturated rings. The van der Waals surface area contributed by atoms with Crippen LogP contribution in [0.3, 0.4) is 0 Å². The number of pyridine rings is 1. The molecular weight excluding hydrogens is 554 g/mol. The molecule has 212 valence electrons. The Kier molecular flexibility index (Phi) is 7.39. The predicted octanol–water partition coefficient (Wildman–Crippen LogP) is 3.95. The molecule has 0 aliphatic carbocycles. The number of aliphatic hydroxyl groups excluding tert-OH is 1. The molecule has 0 bridgehead atoms. The molecule has 0 spiro atoms. The fourth-order valence-corrected chi connectivity index (χ4v) is 3.63. The maximum absolute atomic E-state index is 14.8. The monoisotopic (exact) mass is 573 g/mol. The number of ether oxygens (including phenoxy) is 2. The summed E-state index contributed by atoms with van der Waals surface area (Å²) >= 11 is 0. The normalized spacial score (nSPS) is 13.3. The van der Waals surface area contributed by atoms with Crippen LogP contribution in [-0.4, -0.2) is 67.5 Å². The van der Waals surface area contributed by atoms with E-state index in [0.717, 1.165) is 18.2 Å². The van der Waals surface area contributed by atoms with Gasteiger partial charge in [-0.25, -0.2) is 18.9 Å². The molecule has 2 aromatic heterocycles. The Hall–Kier alpha value is -5.25. The van der Waals surface area contributed by atoms with Crippen molar-refractivity contribution in [3.63, 3.8) is 0 Å². The molecule has 12 nitrogen and oxygen atoms in total. The van der Waals surface area contributed by atoms with E-state index in [0.29, 0.717) is 5.69 Å². The summed E-state index contributed by atoms with van der Waals surface area (Å²) in [7, 11) is 0. The standard InChI is InChI=1S/C25H19F4N7O5/c26-19-9-14(1-6-21(19)40-18-7-8-30-22(10-18)32-24(39)35-11-16(37)12-35)31-23(38)20-13-36(34-33-20)15-2-4-17(5-3-15)41-25(27,28)29/h1-10,13,16,37H,11-12H2,(H,31,38)(H,30,32,39). The Bertz CT molecular complexity index is 1570. The van der Waals surface area contributed by atoms with Crippen molar-refractivity contribution in [2.75, 3.05) is 23.7 Å². The number of carbonyl (C=O) groups excluding carboxylic acids is 2. The van der Waals surface area contributed by atoms with E-state index in [1.807, 2.05) is 0 Å². The minimum absolute atomic E-state index is 0.0856. The molecule has 16 heteroatoms. The Labute approximate surface area is 228 Å². The summed E-state index contributed by atoms with van der Waals surface area (Å²) in [6.45, 7) is 0.430. The van der Waals surface area contributed by atoms with Gasteiger partial charge >= 0.3 is 12.4 Å². The zero-order valence-corrected chi connectivity index (χ0v) is 20.7. The number of carbonyl (C=O) groups is 2. The van der Waals surface area contributed by atoms with Crippen LogP contribution in [0.25, 0.3) is 5.69 Å². The fraction of sp³-hybridized carbons (Fsp3) is 0.160. The van der Waals surface area contributed by atoms with Gasteiger partial charge in [-0.15, -0.1) is 18.3 Å². The van der Waals surface area contributed by atoms with E-state index in [9.17, 15) is 32.3 Å². The predicted molar refractivity (Wildman–Crippen MR) is 133 cm³/mol. The van der Waals surface area contributed by atoms with Gasteiger partial charge in [0.25, 0.3) is 5.91 Å². The number of aliphatic hydroxyl groups is 1. The number of amides is 3. The first-order chi connectivity index (χ1) is 19.5. The molecule has 5 rings (SSSR count). The number of anilines is 2. The lowest BCUT2D eigenvalue weighted by Crippen LogP contribution is -2.54. The van der Waals surface area contributed by atoms with Crippen molar-refractivity contribution in [2.45, 2.75) is 12.5 Å². The summed E-state index contributed by atoms with van der Waals surface area (Å²) in [5, 5.41) is 21.9. The Morgan fingerprint density at radius 1 is 1.00 bits per heavy atom. The van der Waals surface area contributed by atoms with Gasteiger partial charge in [0.2, 0.25) is 0 Å². The number of urea groups is 1. The lowest BCUT2D eigenvalue weighted by molar-refractivity contribution is -0.274. The van der Waals surface area contributed by atoms with Crippen molar-refractivity contribution in [3.8, 4) is 22.9 Å². The maximum atomic E-state index is 14.8. The number of halogens is 4. The van der Waals surface area contributed by atoms with E-state index in [1.165, 1.54) is 58.4 Å². The molecule has 4 aromatic rings. The van der Waals surface area contributed by atoms with Gasteiger partial charge in [0.05, 0.1) is 31.1 Å². The lowest BCUT2D eigenvalue weighted by Gasteiger charge is -2.35. The van der Waals surface area contributed by atoms with Crippen molar-refractivity contribution in [1.82, 2.24) is 24.9 Å². The largest absolute Gasteiger partial charge is 0.573 e. The number of β-amino-alcohol motifs (C(OH)–C–C–N with tert-alkyl or cyclic N) is 1. The van der Waals surface area contributed by atoms with Gasteiger partial charge in [-0.05, 0) is 42.5 Å². The fourth-order valence-electron chi connectivity index (χ4n) is 3.63. The quantitative estimate of drug-likeness (QED) is 0.282. The van der Waals surface area contributed by atoms with Crippen LogP contribution in [0, 0.1) is 5.82 Å². The highest BCUT2D eigenvalue weighted by atomic mass is 19.4. The van der Waals surface area contributed by atoms with E-state index >= 15 is 0 Å². The van der Waals surface area contributed by atoms with Crippen LogP contribution in [0.15, 0.2) is 67.0 Å². The molecule has 2 aromatic carbocycles. The van der Waals surface area contributed by atoms with Gasteiger partial charge in [-0.2, -0.15) is 0 Å². The van der Waals surface area contributed by atoms with Gasteiger partial charge in [0.15, 0.2) is 17.3 Å². The number of hydrogen-bond acceptors (Lipinski definition) is 8. The summed E-state index contributed by atoms with van der Waals surface area (Å²) in [6.07, 6.45) is -2.78. The van der Waals surface area contributed by atoms with Crippen molar-refractivity contribution < 1.29 is 41.7 Å². The second-order valence-corrected chi connectivity index (χ2v) is 8.66. The first kappa shape index (κ1) is 27.3. The number of aromatic nitrogens is 4.